The molecule has 1 aliphatic rings. The van der Waals surface area contributed by atoms with Crippen LogP contribution in [0.4, 0.5) is 0 Å². The Morgan fingerprint density at radius 2 is 1.77 bits per heavy atom. The molecule has 0 heterocycles. The molecule has 1 fully saturated rings. The van der Waals surface area contributed by atoms with Crippen molar-refractivity contribution >= 4 is 10.0 Å². The van der Waals surface area contributed by atoms with E-state index < -0.39 is 10.0 Å². The standard InChI is InChI=1S/C17H36N2O2S/c1-15(2)8-6-12-19-17(11-7-13-22(18,20)21)14-16-9-4-3-5-10-16/h15-17,19H,3-14H2,1-2H3,(H2,18,20,21). The highest BCUT2D eigenvalue weighted by molar-refractivity contribution is 7.89. The highest BCUT2D eigenvalue weighted by Gasteiger charge is 2.19. The third-order valence-corrected chi connectivity index (χ3v) is 5.57. The molecule has 22 heavy (non-hydrogen) atoms. The maximum Gasteiger partial charge on any atom is 0.209 e. The van der Waals surface area contributed by atoms with Crippen LogP contribution in [0.2, 0.25) is 0 Å². The van der Waals surface area contributed by atoms with E-state index in [0.29, 0.717) is 12.5 Å². The van der Waals surface area contributed by atoms with Gasteiger partial charge in [-0.2, -0.15) is 0 Å². The average molecular weight is 333 g/mol. The molecule has 1 rings (SSSR count). The van der Waals surface area contributed by atoms with Crippen LogP contribution in [0.3, 0.4) is 0 Å². The van der Waals surface area contributed by atoms with E-state index in [1.807, 2.05) is 0 Å². The SMILES string of the molecule is CC(C)CCCNC(CCCS(N)(=O)=O)CC1CCCCC1. The summed E-state index contributed by atoms with van der Waals surface area (Å²) in [6.45, 7) is 5.56. The second kappa shape index (κ2) is 10.6. The van der Waals surface area contributed by atoms with E-state index in [9.17, 15) is 8.42 Å². The van der Waals surface area contributed by atoms with Gasteiger partial charge in [0, 0.05) is 6.04 Å². The minimum Gasteiger partial charge on any atom is -0.314 e. The topological polar surface area (TPSA) is 72.2 Å². The maximum absolute atomic E-state index is 11.1. The molecule has 0 aliphatic heterocycles. The second-order valence-corrected chi connectivity index (χ2v) is 9.17. The van der Waals surface area contributed by atoms with Crippen molar-refractivity contribution in [3.8, 4) is 0 Å². The predicted molar refractivity (Wildman–Crippen MR) is 94.3 cm³/mol. The molecule has 1 unspecified atom stereocenters. The predicted octanol–water partition coefficient (Wildman–Crippen LogP) is 3.42. The van der Waals surface area contributed by atoms with Crippen molar-refractivity contribution in [3.05, 3.63) is 0 Å². The molecule has 0 bridgehead atoms. The Labute approximate surface area is 137 Å². The third-order valence-electron chi connectivity index (χ3n) is 4.72. The Morgan fingerprint density at radius 1 is 1.09 bits per heavy atom. The zero-order chi connectivity index (χ0) is 16.4. The van der Waals surface area contributed by atoms with Crippen molar-refractivity contribution < 1.29 is 8.42 Å². The first kappa shape index (κ1) is 19.9. The molecule has 0 aromatic carbocycles. The molecule has 0 aromatic rings. The van der Waals surface area contributed by atoms with Crippen LogP contribution in [-0.4, -0.2) is 26.8 Å². The summed E-state index contributed by atoms with van der Waals surface area (Å²) in [7, 11) is -3.32. The highest BCUT2D eigenvalue weighted by Crippen LogP contribution is 2.28. The fourth-order valence-corrected chi connectivity index (χ4v) is 4.04. The number of hydrogen-bond donors (Lipinski definition) is 2. The lowest BCUT2D eigenvalue weighted by Gasteiger charge is -2.27. The van der Waals surface area contributed by atoms with E-state index in [1.54, 1.807) is 0 Å². The molecule has 132 valence electrons. The first-order chi connectivity index (χ1) is 10.4. The Hall–Kier alpha value is -0.130. The van der Waals surface area contributed by atoms with Gasteiger partial charge in [-0.15, -0.1) is 0 Å². The van der Waals surface area contributed by atoms with Gasteiger partial charge in [0.05, 0.1) is 5.75 Å². The van der Waals surface area contributed by atoms with Gasteiger partial charge in [0.2, 0.25) is 10.0 Å². The summed E-state index contributed by atoms with van der Waals surface area (Å²) >= 11 is 0. The van der Waals surface area contributed by atoms with Gasteiger partial charge in [0.25, 0.3) is 0 Å². The van der Waals surface area contributed by atoms with E-state index in [0.717, 1.165) is 24.8 Å². The number of hydrogen-bond acceptors (Lipinski definition) is 3. The van der Waals surface area contributed by atoms with Crippen LogP contribution >= 0.6 is 0 Å². The molecular formula is C17H36N2O2S. The highest BCUT2D eigenvalue weighted by atomic mass is 32.2. The number of nitrogens with two attached hydrogens (primary N) is 1. The lowest BCUT2D eigenvalue weighted by Crippen LogP contribution is -2.33. The Bertz CT molecular complexity index is 376. The molecular weight excluding hydrogens is 296 g/mol. The lowest BCUT2D eigenvalue weighted by atomic mass is 9.84. The largest absolute Gasteiger partial charge is 0.314 e. The van der Waals surface area contributed by atoms with Crippen molar-refractivity contribution in [1.29, 1.82) is 0 Å². The normalized spacial score (nSPS) is 18.7. The Balaban J connectivity index is 2.33. The van der Waals surface area contributed by atoms with Gasteiger partial charge in [-0.05, 0) is 50.5 Å². The first-order valence-corrected chi connectivity index (χ1v) is 10.8. The van der Waals surface area contributed by atoms with Gasteiger partial charge in [-0.1, -0.05) is 46.0 Å². The maximum atomic E-state index is 11.1. The number of sulfonamides is 1. The van der Waals surface area contributed by atoms with E-state index in [4.69, 9.17) is 5.14 Å². The van der Waals surface area contributed by atoms with Crippen molar-refractivity contribution in [2.75, 3.05) is 12.3 Å². The molecule has 4 nitrogen and oxygen atoms in total. The zero-order valence-corrected chi connectivity index (χ0v) is 15.3. The fourth-order valence-electron chi connectivity index (χ4n) is 3.48. The van der Waals surface area contributed by atoms with Crippen LogP contribution in [0.5, 0.6) is 0 Å². The molecule has 0 amide bonds. The van der Waals surface area contributed by atoms with Crippen LogP contribution < -0.4 is 10.5 Å². The summed E-state index contributed by atoms with van der Waals surface area (Å²) in [5.41, 5.74) is 0. The zero-order valence-electron chi connectivity index (χ0n) is 14.5. The summed E-state index contributed by atoms with van der Waals surface area (Å²) in [5.74, 6) is 1.69. The molecule has 3 N–H and O–H groups in total. The first-order valence-electron chi connectivity index (χ1n) is 9.10. The van der Waals surface area contributed by atoms with Gasteiger partial charge >= 0.3 is 0 Å². The molecule has 0 spiro atoms. The fraction of sp³-hybridized carbons (Fsp3) is 1.00. The quantitative estimate of drug-likeness (QED) is 0.569. The van der Waals surface area contributed by atoms with Crippen LogP contribution in [0.1, 0.15) is 78.1 Å². The van der Waals surface area contributed by atoms with Gasteiger partial charge < -0.3 is 5.32 Å². The summed E-state index contributed by atoms with van der Waals surface area (Å²) < 4.78 is 22.2. The molecule has 0 radical (unpaired) electrons. The summed E-state index contributed by atoms with van der Waals surface area (Å²) in [5, 5.41) is 8.79. The minimum absolute atomic E-state index is 0.113. The van der Waals surface area contributed by atoms with Gasteiger partial charge in [0.15, 0.2) is 0 Å². The minimum atomic E-state index is -3.32. The van der Waals surface area contributed by atoms with Gasteiger partial charge in [-0.3, -0.25) is 0 Å². The van der Waals surface area contributed by atoms with Crippen LogP contribution in [0.25, 0.3) is 0 Å². The van der Waals surface area contributed by atoms with Crippen molar-refractivity contribution in [2.24, 2.45) is 17.0 Å². The number of primary sulfonamides is 1. The second-order valence-electron chi connectivity index (χ2n) is 7.44. The van der Waals surface area contributed by atoms with Crippen molar-refractivity contribution in [2.45, 2.75) is 84.1 Å². The van der Waals surface area contributed by atoms with Crippen LogP contribution in [-0.2, 0) is 10.0 Å². The summed E-state index contributed by atoms with van der Waals surface area (Å²) in [6.07, 6.45) is 12.1. The molecule has 1 aliphatic carbocycles. The molecule has 1 saturated carbocycles. The van der Waals surface area contributed by atoms with Crippen LogP contribution in [0, 0.1) is 11.8 Å². The lowest BCUT2D eigenvalue weighted by molar-refractivity contribution is 0.288. The van der Waals surface area contributed by atoms with Gasteiger partial charge in [-0.25, -0.2) is 13.6 Å². The third kappa shape index (κ3) is 10.6. The molecule has 0 aromatic heterocycles. The average Bonchev–Trinajstić information content (AvgIpc) is 2.43. The Kier molecular flexibility index (Phi) is 9.60. The molecule has 5 heteroatoms. The summed E-state index contributed by atoms with van der Waals surface area (Å²) in [4.78, 5) is 0. The van der Waals surface area contributed by atoms with E-state index in [-0.39, 0.29) is 5.75 Å². The van der Waals surface area contributed by atoms with E-state index in [1.165, 1.54) is 51.4 Å². The van der Waals surface area contributed by atoms with E-state index in [2.05, 4.69) is 19.2 Å². The number of rotatable bonds is 11. The number of nitrogens with one attached hydrogen (secondary N) is 1. The molecule has 1 atom stereocenters. The van der Waals surface area contributed by atoms with Gasteiger partial charge in [0.1, 0.15) is 0 Å². The summed E-state index contributed by atoms with van der Waals surface area (Å²) in [6, 6.07) is 0.456. The van der Waals surface area contributed by atoms with Crippen molar-refractivity contribution in [3.63, 3.8) is 0 Å². The van der Waals surface area contributed by atoms with Crippen LogP contribution in [0.15, 0.2) is 0 Å². The smallest absolute Gasteiger partial charge is 0.209 e. The Morgan fingerprint density at radius 3 is 2.36 bits per heavy atom. The van der Waals surface area contributed by atoms with Crippen molar-refractivity contribution in [1.82, 2.24) is 5.32 Å². The molecule has 0 saturated heterocycles. The monoisotopic (exact) mass is 332 g/mol. The van der Waals surface area contributed by atoms with E-state index >= 15 is 0 Å².